The maximum atomic E-state index is 12.4. The lowest BCUT2D eigenvalue weighted by molar-refractivity contribution is -0.111. The molecule has 0 radical (unpaired) electrons. The van der Waals surface area contributed by atoms with Gasteiger partial charge in [-0.1, -0.05) is 6.07 Å². The van der Waals surface area contributed by atoms with Crippen LogP contribution in [-0.4, -0.2) is 25.4 Å². The molecule has 0 atom stereocenters. The van der Waals surface area contributed by atoms with Crippen LogP contribution in [0, 0.1) is 25.2 Å². The van der Waals surface area contributed by atoms with E-state index >= 15 is 0 Å². The standard InChI is InChI=1S/C24H20N6O/c1-16-11-17(2)28-24-23(16)20(12-25)21(30(24)15-18-5-3-9-26-13-18)7-8-22(31)29-19-6-4-10-27-14-19/h3-11,13-14H,15H2,1-2H3,(H,29,31)/b8-7+. The zero-order valence-electron chi connectivity index (χ0n) is 17.2. The van der Waals surface area contributed by atoms with Crippen LogP contribution in [0.15, 0.2) is 61.2 Å². The highest BCUT2D eigenvalue weighted by Crippen LogP contribution is 2.29. The van der Waals surface area contributed by atoms with Gasteiger partial charge < -0.3 is 9.88 Å². The highest BCUT2D eigenvalue weighted by atomic mass is 16.1. The Morgan fingerprint density at radius 2 is 1.97 bits per heavy atom. The molecule has 31 heavy (non-hydrogen) atoms. The molecule has 4 aromatic heterocycles. The number of carbonyl (C=O) groups excluding carboxylic acids is 1. The van der Waals surface area contributed by atoms with E-state index in [9.17, 15) is 10.1 Å². The van der Waals surface area contributed by atoms with Crippen molar-refractivity contribution in [2.24, 2.45) is 0 Å². The summed E-state index contributed by atoms with van der Waals surface area (Å²) in [7, 11) is 0. The smallest absolute Gasteiger partial charge is 0.248 e. The third-order valence-electron chi connectivity index (χ3n) is 4.88. The van der Waals surface area contributed by atoms with Crippen LogP contribution in [0.5, 0.6) is 0 Å². The second-order valence-corrected chi connectivity index (χ2v) is 7.16. The molecule has 4 rings (SSSR count). The second kappa shape index (κ2) is 8.59. The Morgan fingerprint density at radius 1 is 1.19 bits per heavy atom. The molecule has 0 saturated carbocycles. The van der Waals surface area contributed by atoms with Gasteiger partial charge in [0.1, 0.15) is 11.7 Å². The Kier molecular flexibility index (Phi) is 5.54. The third-order valence-corrected chi connectivity index (χ3v) is 4.88. The van der Waals surface area contributed by atoms with Crippen molar-refractivity contribution < 1.29 is 4.79 Å². The largest absolute Gasteiger partial charge is 0.321 e. The van der Waals surface area contributed by atoms with Gasteiger partial charge in [-0.05, 0) is 55.3 Å². The molecule has 0 aliphatic carbocycles. The Hall–Kier alpha value is -4.31. The van der Waals surface area contributed by atoms with E-state index in [1.165, 1.54) is 6.08 Å². The third kappa shape index (κ3) is 4.19. The van der Waals surface area contributed by atoms with Gasteiger partial charge in [0.2, 0.25) is 5.91 Å². The maximum absolute atomic E-state index is 12.4. The number of pyridine rings is 3. The van der Waals surface area contributed by atoms with Crippen LogP contribution >= 0.6 is 0 Å². The average molecular weight is 408 g/mol. The van der Waals surface area contributed by atoms with Crippen LogP contribution in [0.25, 0.3) is 17.1 Å². The van der Waals surface area contributed by atoms with Crippen molar-refractivity contribution in [3.8, 4) is 6.07 Å². The fourth-order valence-corrected chi connectivity index (χ4v) is 3.59. The number of nitrogens with one attached hydrogen (secondary N) is 1. The first-order valence-electron chi connectivity index (χ1n) is 9.75. The van der Waals surface area contributed by atoms with Gasteiger partial charge in [0.05, 0.1) is 29.7 Å². The number of carbonyl (C=O) groups is 1. The predicted molar refractivity (Wildman–Crippen MR) is 119 cm³/mol. The lowest BCUT2D eigenvalue weighted by atomic mass is 10.1. The summed E-state index contributed by atoms with van der Waals surface area (Å²) in [6.45, 7) is 4.37. The number of amides is 1. The number of aryl methyl sites for hydroxylation is 2. The van der Waals surface area contributed by atoms with Crippen molar-refractivity contribution in [3.05, 3.63) is 89.3 Å². The summed E-state index contributed by atoms with van der Waals surface area (Å²) in [5.74, 6) is -0.309. The second-order valence-electron chi connectivity index (χ2n) is 7.16. The molecule has 0 saturated heterocycles. The molecule has 4 aromatic rings. The average Bonchev–Trinajstić information content (AvgIpc) is 3.06. The molecule has 7 heteroatoms. The molecule has 0 aliphatic heterocycles. The van der Waals surface area contributed by atoms with Crippen molar-refractivity contribution in [2.75, 3.05) is 5.32 Å². The van der Waals surface area contributed by atoms with E-state index in [1.807, 2.05) is 36.6 Å². The van der Waals surface area contributed by atoms with Crippen LogP contribution in [0.1, 0.15) is 28.1 Å². The number of fused-ring (bicyclic) bond motifs is 1. The molecule has 0 bridgehead atoms. The van der Waals surface area contributed by atoms with E-state index in [1.54, 1.807) is 43.0 Å². The Morgan fingerprint density at radius 3 is 2.65 bits per heavy atom. The molecular formula is C24H20N6O. The quantitative estimate of drug-likeness (QED) is 0.503. The zero-order chi connectivity index (χ0) is 21.8. The number of anilines is 1. The summed E-state index contributed by atoms with van der Waals surface area (Å²) >= 11 is 0. The van der Waals surface area contributed by atoms with Crippen molar-refractivity contribution in [2.45, 2.75) is 20.4 Å². The summed E-state index contributed by atoms with van der Waals surface area (Å²) in [4.78, 5) is 25.3. The highest BCUT2D eigenvalue weighted by Gasteiger charge is 2.19. The number of hydrogen-bond acceptors (Lipinski definition) is 5. The number of aromatic nitrogens is 4. The van der Waals surface area contributed by atoms with Crippen LogP contribution in [-0.2, 0) is 11.3 Å². The summed E-state index contributed by atoms with van der Waals surface area (Å²) in [5.41, 5.74) is 5.24. The molecule has 0 aliphatic rings. The zero-order valence-corrected chi connectivity index (χ0v) is 17.2. The summed E-state index contributed by atoms with van der Waals surface area (Å²) in [5, 5.41) is 13.5. The first-order valence-corrected chi connectivity index (χ1v) is 9.75. The molecule has 0 fully saturated rings. The molecule has 1 amide bonds. The van der Waals surface area contributed by atoms with Gasteiger partial charge in [0, 0.05) is 35.7 Å². The number of nitriles is 1. The van der Waals surface area contributed by atoms with E-state index in [2.05, 4.69) is 21.4 Å². The van der Waals surface area contributed by atoms with Gasteiger partial charge in [-0.25, -0.2) is 4.98 Å². The van der Waals surface area contributed by atoms with Gasteiger partial charge in [-0.3, -0.25) is 14.8 Å². The Bertz CT molecular complexity index is 1320. The molecule has 7 nitrogen and oxygen atoms in total. The molecule has 152 valence electrons. The molecule has 0 spiro atoms. The fraction of sp³-hybridized carbons (Fsp3) is 0.125. The minimum Gasteiger partial charge on any atom is -0.321 e. The number of hydrogen-bond donors (Lipinski definition) is 1. The van der Waals surface area contributed by atoms with E-state index in [0.717, 1.165) is 22.2 Å². The van der Waals surface area contributed by atoms with Crippen molar-refractivity contribution in [1.82, 2.24) is 19.5 Å². The fourth-order valence-electron chi connectivity index (χ4n) is 3.59. The molecule has 0 unspecified atom stereocenters. The van der Waals surface area contributed by atoms with Gasteiger partial charge in [-0.15, -0.1) is 0 Å². The SMILES string of the molecule is Cc1cc(C)c2c(C#N)c(/C=C/C(=O)Nc3cccnc3)n(Cc3cccnc3)c2n1. The highest BCUT2D eigenvalue weighted by molar-refractivity contribution is 6.02. The van der Waals surface area contributed by atoms with E-state index < -0.39 is 0 Å². The molecule has 1 N–H and O–H groups in total. The number of nitrogens with zero attached hydrogens (tertiary/aromatic N) is 5. The van der Waals surface area contributed by atoms with Crippen LogP contribution in [0.3, 0.4) is 0 Å². The lowest BCUT2D eigenvalue weighted by Gasteiger charge is -2.09. The minimum absolute atomic E-state index is 0.309. The molecule has 4 heterocycles. The molecular weight excluding hydrogens is 388 g/mol. The van der Waals surface area contributed by atoms with Gasteiger partial charge >= 0.3 is 0 Å². The van der Waals surface area contributed by atoms with Gasteiger partial charge in [0.25, 0.3) is 0 Å². The van der Waals surface area contributed by atoms with Crippen LogP contribution in [0.2, 0.25) is 0 Å². The lowest BCUT2D eigenvalue weighted by Crippen LogP contribution is -2.08. The van der Waals surface area contributed by atoms with E-state index in [0.29, 0.717) is 29.1 Å². The van der Waals surface area contributed by atoms with E-state index in [-0.39, 0.29) is 5.91 Å². The summed E-state index contributed by atoms with van der Waals surface area (Å²) < 4.78 is 1.96. The predicted octanol–water partition coefficient (Wildman–Crippen LogP) is 4.02. The first kappa shape index (κ1) is 20.0. The van der Waals surface area contributed by atoms with Gasteiger partial charge in [0.15, 0.2) is 0 Å². The van der Waals surface area contributed by atoms with E-state index in [4.69, 9.17) is 4.98 Å². The van der Waals surface area contributed by atoms with Gasteiger partial charge in [-0.2, -0.15) is 5.26 Å². The number of rotatable bonds is 5. The Labute approximate surface area is 179 Å². The normalized spacial score (nSPS) is 11.0. The Balaban J connectivity index is 1.81. The van der Waals surface area contributed by atoms with Crippen LogP contribution < -0.4 is 5.32 Å². The molecule has 0 aromatic carbocycles. The monoisotopic (exact) mass is 408 g/mol. The van der Waals surface area contributed by atoms with Crippen LogP contribution in [0.4, 0.5) is 5.69 Å². The summed E-state index contributed by atoms with van der Waals surface area (Å²) in [6.07, 6.45) is 9.79. The summed E-state index contributed by atoms with van der Waals surface area (Å²) in [6, 6.07) is 11.6. The van der Waals surface area contributed by atoms with Crippen molar-refractivity contribution in [3.63, 3.8) is 0 Å². The first-order chi connectivity index (χ1) is 15.1. The minimum atomic E-state index is -0.309. The topological polar surface area (TPSA) is 96.5 Å². The van der Waals surface area contributed by atoms with Crippen molar-refractivity contribution >= 4 is 28.7 Å². The van der Waals surface area contributed by atoms with Crippen molar-refractivity contribution in [1.29, 1.82) is 5.26 Å². The maximum Gasteiger partial charge on any atom is 0.248 e.